The molecule has 0 aromatic heterocycles. The SMILES string of the molecule is C[C@H](/C=C/C[Si](C)(C)C)C(=O)N1C(=O)OC[C@H]1Cc1ccccc1. The summed E-state index contributed by atoms with van der Waals surface area (Å²) in [5, 5.41) is 0. The van der Waals surface area contributed by atoms with Crippen LogP contribution < -0.4 is 0 Å². The lowest BCUT2D eigenvalue weighted by atomic mass is 10.0. The topological polar surface area (TPSA) is 46.6 Å². The number of imide groups is 1. The van der Waals surface area contributed by atoms with Crippen molar-refractivity contribution in [1.82, 2.24) is 4.90 Å². The van der Waals surface area contributed by atoms with Crippen molar-refractivity contribution in [2.45, 2.75) is 45.1 Å². The van der Waals surface area contributed by atoms with E-state index < -0.39 is 14.2 Å². The Morgan fingerprint density at radius 3 is 2.62 bits per heavy atom. The van der Waals surface area contributed by atoms with Crippen LogP contribution in [0.25, 0.3) is 0 Å². The maximum absolute atomic E-state index is 12.7. The van der Waals surface area contributed by atoms with Crippen molar-refractivity contribution in [3.63, 3.8) is 0 Å². The third kappa shape index (κ3) is 5.06. The maximum Gasteiger partial charge on any atom is 0.417 e. The van der Waals surface area contributed by atoms with E-state index in [-0.39, 0.29) is 24.5 Å². The van der Waals surface area contributed by atoms with E-state index in [4.69, 9.17) is 4.74 Å². The normalized spacial score (nSPS) is 19.6. The van der Waals surface area contributed by atoms with Gasteiger partial charge in [-0.05, 0) is 18.0 Å². The molecule has 130 valence electrons. The van der Waals surface area contributed by atoms with Crippen molar-refractivity contribution < 1.29 is 14.3 Å². The predicted octanol–water partition coefficient (Wildman–Crippen LogP) is 4.11. The number of cyclic esters (lactones) is 1. The fourth-order valence-electron chi connectivity index (χ4n) is 2.69. The van der Waals surface area contributed by atoms with Crippen molar-refractivity contribution in [3.8, 4) is 0 Å². The number of hydrogen-bond acceptors (Lipinski definition) is 3. The van der Waals surface area contributed by atoms with Gasteiger partial charge in [0.1, 0.15) is 6.61 Å². The van der Waals surface area contributed by atoms with Gasteiger partial charge >= 0.3 is 6.09 Å². The van der Waals surface area contributed by atoms with Crippen LogP contribution in [0.1, 0.15) is 12.5 Å². The molecule has 2 rings (SSSR count). The molecular weight excluding hydrogens is 318 g/mol. The Balaban J connectivity index is 2.03. The smallest absolute Gasteiger partial charge is 0.417 e. The summed E-state index contributed by atoms with van der Waals surface area (Å²) in [6, 6.07) is 10.7. The maximum atomic E-state index is 12.7. The van der Waals surface area contributed by atoms with E-state index >= 15 is 0 Å². The van der Waals surface area contributed by atoms with E-state index in [1.807, 2.05) is 43.3 Å². The van der Waals surface area contributed by atoms with Crippen molar-refractivity contribution in [2.75, 3.05) is 6.61 Å². The van der Waals surface area contributed by atoms with Crippen LogP contribution in [0.5, 0.6) is 0 Å². The Labute approximate surface area is 145 Å². The molecule has 4 nitrogen and oxygen atoms in total. The number of rotatable bonds is 6. The average molecular weight is 346 g/mol. The van der Waals surface area contributed by atoms with Crippen LogP contribution in [0.4, 0.5) is 4.79 Å². The first-order valence-corrected chi connectivity index (χ1v) is 12.2. The number of benzene rings is 1. The van der Waals surface area contributed by atoms with Gasteiger partial charge in [0.15, 0.2) is 0 Å². The third-order valence-electron chi connectivity index (χ3n) is 4.06. The molecule has 2 atom stereocenters. The summed E-state index contributed by atoms with van der Waals surface area (Å²) in [5.41, 5.74) is 1.10. The number of ether oxygens (including phenoxy) is 1. The van der Waals surface area contributed by atoms with Crippen LogP contribution in [0.15, 0.2) is 42.5 Å². The lowest BCUT2D eigenvalue weighted by Gasteiger charge is -2.22. The van der Waals surface area contributed by atoms with E-state index in [0.717, 1.165) is 11.6 Å². The summed E-state index contributed by atoms with van der Waals surface area (Å²) in [4.78, 5) is 26.0. The quantitative estimate of drug-likeness (QED) is 0.576. The monoisotopic (exact) mass is 345 g/mol. The first-order chi connectivity index (χ1) is 11.3. The standard InChI is InChI=1S/C19H27NO3Si/c1-15(9-8-12-24(2,3)4)18(21)20-17(14-23-19(20)22)13-16-10-6-5-7-11-16/h5-11,15,17H,12-14H2,1-4H3/b9-8+/t15-,17-/m1/s1. The van der Waals surface area contributed by atoms with E-state index in [2.05, 4.69) is 25.7 Å². The fraction of sp³-hybridized carbons (Fsp3) is 0.474. The van der Waals surface area contributed by atoms with Gasteiger partial charge < -0.3 is 4.74 Å². The molecule has 1 aromatic carbocycles. The molecule has 0 aliphatic carbocycles. The lowest BCUT2D eigenvalue weighted by molar-refractivity contribution is -0.131. The molecule has 1 aromatic rings. The van der Waals surface area contributed by atoms with Crippen molar-refractivity contribution in [2.24, 2.45) is 5.92 Å². The molecule has 5 heteroatoms. The zero-order chi connectivity index (χ0) is 17.7. The first kappa shape index (κ1) is 18.5. The van der Waals surface area contributed by atoms with Crippen LogP contribution in [0.2, 0.25) is 25.7 Å². The highest BCUT2D eigenvalue weighted by Crippen LogP contribution is 2.21. The summed E-state index contributed by atoms with van der Waals surface area (Å²) >= 11 is 0. The molecule has 0 radical (unpaired) electrons. The average Bonchev–Trinajstić information content (AvgIpc) is 2.87. The van der Waals surface area contributed by atoms with Crippen LogP contribution >= 0.6 is 0 Å². The van der Waals surface area contributed by atoms with Crippen LogP contribution in [-0.4, -0.2) is 37.6 Å². The molecule has 0 unspecified atom stereocenters. The molecule has 0 bridgehead atoms. The Morgan fingerprint density at radius 2 is 2.00 bits per heavy atom. The van der Waals surface area contributed by atoms with Gasteiger partial charge in [-0.2, -0.15) is 0 Å². The fourth-order valence-corrected chi connectivity index (χ4v) is 3.54. The first-order valence-electron chi connectivity index (χ1n) is 8.48. The lowest BCUT2D eigenvalue weighted by Crippen LogP contribution is -2.42. The van der Waals surface area contributed by atoms with Gasteiger partial charge in [0.2, 0.25) is 5.91 Å². The highest BCUT2D eigenvalue weighted by atomic mass is 28.3. The molecule has 1 fully saturated rings. The number of carbonyl (C=O) groups is 2. The Morgan fingerprint density at radius 1 is 1.33 bits per heavy atom. The summed E-state index contributed by atoms with van der Waals surface area (Å²) < 4.78 is 5.13. The van der Waals surface area contributed by atoms with Gasteiger partial charge in [-0.1, -0.05) is 69.0 Å². The molecule has 2 amide bonds. The summed E-state index contributed by atoms with van der Waals surface area (Å²) in [7, 11) is -1.17. The molecule has 1 aliphatic rings. The zero-order valence-corrected chi connectivity index (χ0v) is 16.0. The molecule has 0 N–H and O–H groups in total. The minimum absolute atomic E-state index is 0.176. The Kier molecular flexibility index (Phi) is 5.99. The third-order valence-corrected chi connectivity index (χ3v) is 5.52. The van der Waals surface area contributed by atoms with Gasteiger partial charge in [-0.3, -0.25) is 4.79 Å². The molecule has 0 spiro atoms. The molecule has 1 aliphatic heterocycles. The predicted molar refractivity (Wildman–Crippen MR) is 98.6 cm³/mol. The number of hydrogen-bond donors (Lipinski definition) is 0. The van der Waals surface area contributed by atoms with Crippen molar-refractivity contribution in [3.05, 3.63) is 48.0 Å². The van der Waals surface area contributed by atoms with Gasteiger partial charge in [0, 0.05) is 8.07 Å². The van der Waals surface area contributed by atoms with E-state index in [1.165, 1.54) is 4.90 Å². The molecular formula is C19H27NO3Si. The summed E-state index contributed by atoms with van der Waals surface area (Å²) in [5.74, 6) is -0.490. The van der Waals surface area contributed by atoms with Crippen LogP contribution in [-0.2, 0) is 16.0 Å². The molecule has 1 heterocycles. The van der Waals surface area contributed by atoms with Gasteiger partial charge in [-0.15, -0.1) is 0 Å². The summed E-state index contributed by atoms with van der Waals surface area (Å²) in [6.45, 7) is 8.98. The minimum Gasteiger partial charge on any atom is -0.447 e. The zero-order valence-electron chi connectivity index (χ0n) is 15.0. The highest BCUT2D eigenvalue weighted by molar-refractivity contribution is 6.76. The largest absolute Gasteiger partial charge is 0.447 e. The summed E-state index contributed by atoms with van der Waals surface area (Å²) in [6.07, 6.45) is 4.11. The Hall–Kier alpha value is -1.88. The number of allylic oxidation sites excluding steroid dienone is 1. The number of nitrogens with zero attached hydrogens (tertiary/aromatic N) is 1. The molecule has 24 heavy (non-hydrogen) atoms. The molecule has 0 saturated carbocycles. The van der Waals surface area contributed by atoms with Gasteiger partial charge in [0.05, 0.1) is 12.0 Å². The van der Waals surface area contributed by atoms with Crippen molar-refractivity contribution in [1.29, 1.82) is 0 Å². The second kappa shape index (κ2) is 7.79. The van der Waals surface area contributed by atoms with Crippen LogP contribution in [0.3, 0.4) is 0 Å². The molecule has 1 saturated heterocycles. The van der Waals surface area contributed by atoms with Crippen molar-refractivity contribution >= 4 is 20.1 Å². The van der Waals surface area contributed by atoms with Crippen LogP contribution in [0, 0.1) is 5.92 Å². The highest BCUT2D eigenvalue weighted by Gasteiger charge is 2.39. The minimum atomic E-state index is -1.17. The Bertz CT molecular complexity index is 607. The second-order valence-electron chi connectivity index (χ2n) is 7.61. The van der Waals surface area contributed by atoms with Gasteiger partial charge in [0.25, 0.3) is 0 Å². The van der Waals surface area contributed by atoms with E-state index in [0.29, 0.717) is 6.42 Å². The van der Waals surface area contributed by atoms with E-state index in [9.17, 15) is 9.59 Å². The second-order valence-corrected chi connectivity index (χ2v) is 13.1. The number of amides is 2. The number of carbonyl (C=O) groups excluding carboxylic acids is 2. The van der Waals surface area contributed by atoms with Gasteiger partial charge in [-0.25, -0.2) is 9.69 Å². The van der Waals surface area contributed by atoms with E-state index in [1.54, 1.807) is 0 Å².